The number of nitrogens with one attached hydrogen (secondary N) is 1. The Hall–Kier alpha value is -3.77. The molecule has 4 rings (SSSR count). The van der Waals surface area contributed by atoms with Crippen LogP contribution >= 0.6 is 0 Å². The summed E-state index contributed by atoms with van der Waals surface area (Å²) in [4.78, 5) is 16.1. The number of benzene rings is 3. The maximum Gasteiger partial charge on any atom is 0.267 e. The van der Waals surface area contributed by atoms with Gasteiger partial charge in [-0.3, -0.25) is 10.0 Å². The van der Waals surface area contributed by atoms with Crippen LogP contribution < -0.4 is 5.48 Å². The Bertz CT molecular complexity index is 1230. The van der Waals surface area contributed by atoms with Gasteiger partial charge in [-0.1, -0.05) is 42.5 Å². The van der Waals surface area contributed by atoms with Gasteiger partial charge < -0.3 is 4.57 Å². The van der Waals surface area contributed by atoms with Crippen molar-refractivity contribution < 1.29 is 14.4 Å². The van der Waals surface area contributed by atoms with Crippen LogP contribution in [-0.4, -0.2) is 20.7 Å². The first-order valence-electron chi connectivity index (χ1n) is 9.56. The average molecular weight is 401 g/mol. The number of aromatic nitrogens is 2. The predicted octanol–water partition coefficient (Wildman–Crippen LogP) is 4.60. The minimum Gasteiger partial charge on any atom is -0.324 e. The van der Waals surface area contributed by atoms with Crippen LogP contribution in [0, 0.1) is 5.82 Å². The maximum absolute atomic E-state index is 13.6. The first-order chi connectivity index (χ1) is 14.6. The number of nitrogens with zero attached hydrogens (tertiary/aromatic N) is 2. The molecule has 1 heterocycles. The van der Waals surface area contributed by atoms with Gasteiger partial charge in [-0.25, -0.2) is 14.9 Å². The van der Waals surface area contributed by atoms with Gasteiger partial charge in [0, 0.05) is 18.2 Å². The molecule has 5 nitrogen and oxygen atoms in total. The van der Waals surface area contributed by atoms with E-state index in [0.717, 1.165) is 33.5 Å². The zero-order chi connectivity index (χ0) is 20.9. The first kappa shape index (κ1) is 19.5. The molecular weight excluding hydrogens is 381 g/mol. The van der Waals surface area contributed by atoms with E-state index in [-0.39, 0.29) is 5.82 Å². The minimum absolute atomic E-state index is 0.241. The van der Waals surface area contributed by atoms with Crippen molar-refractivity contribution in [1.82, 2.24) is 15.0 Å². The molecule has 0 spiro atoms. The van der Waals surface area contributed by atoms with Gasteiger partial charge in [0.2, 0.25) is 0 Å². The monoisotopic (exact) mass is 401 g/mol. The Labute approximate surface area is 173 Å². The lowest BCUT2D eigenvalue weighted by Gasteiger charge is -2.10. The van der Waals surface area contributed by atoms with Gasteiger partial charge in [0.15, 0.2) is 0 Å². The summed E-state index contributed by atoms with van der Waals surface area (Å²) in [7, 11) is 0. The molecule has 0 saturated carbocycles. The highest BCUT2D eigenvalue weighted by Crippen LogP contribution is 2.26. The predicted molar refractivity (Wildman–Crippen MR) is 114 cm³/mol. The second kappa shape index (κ2) is 8.71. The molecule has 0 aliphatic heterocycles. The molecule has 1 amide bonds. The highest BCUT2D eigenvalue weighted by molar-refractivity contribution is 5.91. The maximum atomic E-state index is 13.6. The second-order valence-corrected chi connectivity index (χ2v) is 6.89. The Balaban J connectivity index is 1.71. The molecule has 6 heteroatoms. The minimum atomic E-state index is -0.595. The Morgan fingerprint density at radius 2 is 1.90 bits per heavy atom. The number of amides is 1. The summed E-state index contributed by atoms with van der Waals surface area (Å²) < 4.78 is 15.7. The quantitative estimate of drug-likeness (QED) is 0.282. The lowest BCUT2D eigenvalue weighted by Crippen LogP contribution is -2.14. The lowest BCUT2D eigenvalue weighted by molar-refractivity contribution is -0.124. The molecule has 0 aliphatic rings. The van der Waals surface area contributed by atoms with Crippen LogP contribution in [0.1, 0.15) is 11.1 Å². The molecule has 0 bridgehead atoms. The molecule has 1 aromatic heterocycles. The fourth-order valence-corrected chi connectivity index (χ4v) is 3.45. The van der Waals surface area contributed by atoms with Crippen LogP contribution in [0.3, 0.4) is 0 Å². The number of fused-ring (bicyclic) bond motifs is 1. The smallest absolute Gasteiger partial charge is 0.267 e. The van der Waals surface area contributed by atoms with E-state index in [1.54, 1.807) is 23.7 Å². The van der Waals surface area contributed by atoms with E-state index in [0.29, 0.717) is 13.0 Å². The van der Waals surface area contributed by atoms with E-state index in [2.05, 4.69) is 4.57 Å². The molecule has 0 atom stereocenters. The molecule has 0 fully saturated rings. The number of hydroxylamine groups is 1. The summed E-state index contributed by atoms with van der Waals surface area (Å²) in [6, 6.07) is 22.2. The van der Waals surface area contributed by atoms with Gasteiger partial charge in [0.05, 0.1) is 11.0 Å². The number of carbonyl (C=O) groups is 1. The van der Waals surface area contributed by atoms with E-state index in [1.165, 1.54) is 12.1 Å². The van der Waals surface area contributed by atoms with E-state index in [1.807, 2.05) is 54.6 Å². The first-order valence-corrected chi connectivity index (χ1v) is 9.56. The highest BCUT2D eigenvalue weighted by Gasteiger charge is 2.13. The van der Waals surface area contributed by atoms with Gasteiger partial charge in [0.1, 0.15) is 11.6 Å². The Morgan fingerprint density at radius 1 is 1.07 bits per heavy atom. The summed E-state index contributed by atoms with van der Waals surface area (Å²) in [5.74, 6) is -0.0354. The van der Waals surface area contributed by atoms with Gasteiger partial charge in [-0.15, -0.1) is 0 Å². The third-order valence-corrected chi connectivity index (χ3v) is 4.85. The summed E-state index contributed by atoms with van der Waals surface area (Å²) >= 11 is 0. The van der Waals surface area contributed by atoms with Crippen molar-refractivity contribution in [1.29, 1.82) is 0 Å². The van der Waals surface area contributed by atoms with Crippen LogP contribution in [0.2, 0.25) is 0 Å². The zero-order valence-electron chi connectivity index (χ0n) is 16.1. The molecule has 30 heavy (non-hydrogen) atoms. The molecule has 3 aromatic carbocycles. The van der Waals surface area contributed by atoms with Crippen LogP contribution in [0.25, 0.3) is 28.5 Å². The van der Waals surface area contributed by atoms with E-state index in [9.17, 15) is 9.18 Å². The number of rotatable bonds is 6. The van der Waals surface area contributed by atoms with Crippen molar-refractivity contribution in [3.05, 3.63) is 95.8 Å². The Kier molecular flexibility index (Phi) is 5.68. The van der Waals surface area contributed by atoms with Gasteiger partial charge in [-0.2, -0.15) is 0 Å². The molecule has 4 aromatic rings. The molecule has 0 aliphatic carbocycles. The molecule has 0 saturated heterocycles. The van der Waals surface area contributed by atoms with Crippen LogP contribution in [0.5, 0.6) is 0 Å². The van der Waals surface area contributed by atoms with Crippen molar-refractivity contribution in [2.75, 3.05) is 0 Å². The topological polar surface area (TPSA) is 67.2 Å². The van der Waals surface area contributed by atoms with Gasteiger partial charge in [-0.05, 0) is 54.0 Å². The SMILES string of the molecule is O=C(C=Cc1cccc(-c2nc3ccccc3n2CCc2cccc(F)c2)c1)NO. The second-order valence-electron chi connectivity index (χ2n) is 6.89. The number of hydrogen-bond donors (Lipinski definition) is 2. The van der Waals surface area contributed by atoms with Crippen LogP contribution in [-0.2, 0) is 17.8 Å². The number of halogens is 1. The van der Waals surface area contributed by atoms with Gasteiger partial charge >= 0.3 is 0 Å². The summed E-state index contributed by atoms with van der Waals surface area (Å²) in [6.45, 7) is 0.645. The summed E-state index contributed by atoms with van der Waals surface area (Å²) in [6.07, 6.45) is 3.54. The third-order valence-electron chi connectivity index (χ3n) is 4.85. The van der Waals surface area contributed by atoms with Crippen molar-refractivity contribution in [2.24, 2.45) is 0 Å². The molecular formula is C24H20FN3O2. The molecule has 0 radical (unpaired) electrons. The van der Waals surface area contributed by atoms with E-state index >= 15 is 0 Å². The fourth-order valence-electron chi connectivity index (χ4n) is 3.45. The standard InChI is InChI=1S/C24H20FN3O2/c25-20-8-4-6-18(16-20)13-14-28-22-10-2-1-9-21(22)26-24(28)19-7-3-5-17(15-19)11-12-23(29)27-30/h1-12,15-16,30H,13-14H2,(H,27,29). The Morgan fingerprint density at radius 3 is 2.73 bits per heavy atom. The number of carbonyl (C=O) groups excluding carboxylic acids is 1. The molecule has 150 valence electrons. The van der Waals surface area contributed by atoms with Gasteiger partial charge in [0.25, 0.3) is 5.91 Å². The molecule has 2 N–H and O–H groups in total. The normalized spacial score (nSPS) is 11.3. The largest absolute Gasteiger partial charge is 0.324 e. The number of para-hydroxylation sites is 2. The summed E-state index contributed by atoms with van der Waals surface area (Å²) in [5, 5.41) is 8.64. The number of imidazole rings is 1. The highest BCUT2D eigenvalue weighted by atomic mass is 19.1. The van der Waals surface area contributed by atoms with E-state index < -0.39 is 5.91 Å². The zero-order valence-corrected chi connectivity index (χ0v) is 16.1. The van der Waals surface area contributed by atoms with Crippen molar-refractivity contribution >= 4 is 23.0 Å². The van der Waals surface area contributed by atoms with Crippen molar-refractivity contribution in [3.8, 4) is 11.4 Å². The number of aryl methyl sites for hydroxylation is 2. The fraction of sp³-hybridized carbons (Fsp3) is 0.0833. The number of hydrogen-bond acceptors (Lipinski definition) is 3. The van der Waals surface area contributed by atoms with E-state index in [4.69, 9.17) is 10.2 Å². The lowest BCUT2D eigenvalue weighted by atomic mass is 10.1. The van der Waals surface area contributed by atoms with Crippen molar-refractivity contribution in [2.45, 2.75) is 13.0 Å². The third kappa shape index (κ3) is 4.29. The van der Waals surface area contributed by atoms with Crippen molar-refractivity contribution in [3.63, 3.8) is 0 Å². The van der Waals surface area contributed by atoms with Crippen LogP contribution in [0.4, 0.5) is 4.39 Å². The summed E-state index contributed by atoms with van der Waals surface area (Å²) in [5.41, 5.74) is 6.09. The molecule has 0 unspecified atom stereocenters. The average Bonchev–Trinajstić information content (AvgIpc) is 3.15. The van der Waals surface area contributed by atoms with Crippen LogP contribution in [0.15, 0.2) is 78.9 Å².